The third kappa shape index (κ3) is 6.94. The predicted octanol–water partition coefficient (Wildman–Crippen LogP) is 11.4. The summed E-state index contributed by atoms with van der Waals surface area (Å²) in [6.45, 7) is 23.5. The van der Waals surface area contributed by atoms with Crippen LogP contribution in [0.2, 0.25) is 0 Å². The zero-order valence-electron chi connectivity index (χ0n) is 39.3. The van der Waals surface area contributed by atoms with Crippen LogP contribution in [-0.4, -0.2) is 13.4 Å². The first-order valence-electron chi connectivity index (χ1n) is 23.2. The zero-order chi connectivity index (χ0) is 44.7. The van der Waals surface area contributed by atoms with Crippen molar-refractivity contribution in [3.63, 3.8) is 0 Å². The molecule has 0 radical (unpaired) electrons. The molecule has 0 nitrogen and oxygen atoms in total. The molecule has 0 fully saturated rings. The fraction of sp³-hybridized carbons (Fsp3) is 0.194. The normalized spacial score (nSPS) is 14.0. The molecule has 0 atom stereocenters. The van der Waals surface area contributed by atoms with E-state index in [0.717, 1.165) is 0 Å². The second-order valence-electron chi connectivity index (χ2n) is 20.1. The van der Waals surface area contributed by atoms with Gasteiger partial charge in [0.1, 0.15) is 0 Å². The van der Waals surface area contributed by atoms with E-state index in [1.54, 1.807) is 0 Å². The number of hydrogen-bond donors (Lipinski definition) is 0. The standard InChI is InChI=1S/C62H58B2/c1-39-32-41(3)59(42(4)33-39)64(60-43(5)34-40(2)35-44(60)6)50-28-31-54-52-29-24-46(36-56(52)62(9,10)58(54)38-50)21-20-45-22-25-48(26-23-45)63(47-16-12-11-13-17-47)49-27-30-53-51-18-14-15-19-55(51)61(7,8)57(53)37-49/h11-38H,1-10H3/b21-20+. The Morgan fingerprint density at radius 3 is 1.28 bits per heavy atom. The quantitative estimate of drug-likeness (QED) is 0.106. The molecule has 2 heteroatoms. The van der Waals surface area contributed by atoms with Gasteiger partial charge >= 0.3 is 0 Å². The van der Waals surface area contributed by atoms with Gasteiger partial charge in [-0.05, 0) is 97.2 Å². The summed E-state index contributed by atoms with van der Waals surface area (Å²) < 4.78 is 0. The molecule has 0 heterocycles. The molecule has 0 unspecified atom stereocenters. The Morgan fingerprint density at radius 1 is 0.328 bits per heavy atom. The van der Waals surface area contributed by atoms with E-state index >= 15 is 0 Å². The fourth-order valence-corrected chi connectivity index (χ4v) is 11.9. The summed E-state index contributed by atoms with van der Waals surface area (Å²) in [6, 6.07) is 60.2. The molecule has 2 aliphatic rings. The largest absolute Gasteiger partial charge is 0.242 e. The summed E-state index contributed by atoms with van der Waals surface area (Å²) in [5.41, 5.74) is 29.6. The lowest BCUT2D eigenvalue weighted by atomic mass is 9.34. The predicted molar refractivity (Wildman–Crippen MR) is 280 cm³/mol. The van der Waals surface area contributed by atoms with Crippen LogP contribution in [-0.2, 0) is 10.8 Å². The fourth-order valence-electron chi connectivity index (χ4n) is 11.9. The summed E-state index contributed by atoms with van der Waals surface area (Å²) >= 11 is 0. The van der Waals surface area contributed by atoms with Gasteiger partial charge in [-0.1, -0.05) is 264 Å². The smallest absolute Gasteiger partial charge is 0.0687 e. The Kier molecular flexibility index (Phi) is 10.2. The van der Waals surface area contributed by atoms with Crippen molar-refractivity contribution in [1.82, 2.24) is 0 Å². The monoisotopic (exact) mass is 824 g/mol. The first-order valence-corrected chi connectivity index (χ1v) is 23.2. The van der Waals surface area contributed by atoms with Crippen LogP contribution in [0.5, 0.6) is 0 Å². The van der Waals surface area contributed by atoms with Gasteiger partial charge in [0.25, 0.3) is 0 Å². The van der Waals surface area contributed by atoms with Gasteiger partial charge in [-0.2, -0.15) is 0 Å². The van der Waals surface area contributed by atoms with Gasteiger partial charge in [-0.3, -0.25) is 0 Å². The molecular formula is C62H58B2. The second kappa shape index (κ2) is 15.7. The van der Waals surface area contributed by atoms with Gasteiger partial charge in [0, 0.05) is 10.8 Å². The molecule has 0 saturated carbocycles. The average molecular weight is 825 g/mol. The number of rotatable bonds is 8. The van der Waals surface area contributed by atoms with Crippen molar-refractivity contribution in [2.24, 2.45) is 0 Å². The molecule has 64 heavy (non-hydrogen) atoms. The molecule has 312 valence electrons. The van der Waals surface area contributed by atoms with Crippen LogP contribution in [0.1, 0.15) is 94.5 Å². The van der Waals surface area contributed by atoms with E-state index in [1.807, 2.05) is 0 Å². The SMILES string of the molecule is Cc1cc(C)c(B(c2ccc3c(c2)C(C)(C)c2cc(/C=C/c4ccc(B(c5ccccc5)c5ccc6c(c5)C(C)(C)c5ccccc5-6)cc4)ccc2-3)c2c(C)cc(C)cc2C)c(C)c1. The highest BCUT2D eigenvalue weighted by Crippen LogP contribution is 2.49. The van der Waals surface area contributed by atoms with Crippen molar-refractivity contribution < 1.29 is 0 Å². The summed E-state index contributed by atoms with van der Waals surface area (Å²) in [4.78, 5) is 0. The topological polar surface area (TPSA) is 0 Å². The van der Waals surface area contributed by atoms with Crippen LogP contribution in [0.25, 0.3) is 34.4 Å². The number of benzene rings is 8. The summed E-state index contributed by atoms with van der Waals surface area (Å²) in [6.07, 6.45) is 4.56. The molecule has 0 spiro atoms. The maximum absolute atomic E-state index is 2.54. The minimum absolute atomic E-state index is 0.0421. The molecule has 0 saturated heterocycles. The lowest BCUT2D eigenvalue weighted by molar-refractivity contribution is 0.660. The van der Waals surface area contributed by atoms with Gasteiger partial charge in [-0.25, -0.2) is 0 Å². The molecule has 0 amide bonds. The summed E-state index contributed by atoms with van der Waals surface area (Å²) in [5, 5.41) is 0. The number of hydrogen-bond acceptors (Lipinski definition) is 0. The van der Waals surface area contributed by atoms with E-state index in [4.69, 9.17) is 0 Å². The lowest BCUT2D eigenvalue weighted by Crippen LogP contribution is -2.56. The molecule has 2 aliphatic carbocycles. The van der Waals surface area contributed by atoms with E-state index in [1.165, 1.54) is 122 Å². The Labute approximate surface area is 383 Å². The van der Waals surface area contributed by atoms with Crippen molar-refractivity contribution in [1.29, 1.82) is 0 Å². The summed E-state index contributed by atoms with van der Waals surface area (Å²) in [7, 11) is 0. The highest BCUT2D eigenvalue weighted by atomic mass is 14.4. The highest BCUT2D eigenvalue weighted by Gasteiger charge is 2.39. The first kappa shape index (κ1) is 41.6. The minimum atomic E-state index is -0.145. The van der Waals surface area contributed by atoms with Crippen molar-refractivity contribution >= 4 is 58.4 Å². The second-order valence-corrected chi connectivity index (χ2v) is 20.1. The number of fused-ring (bicyclic) bond motifs is 6. The maximum atomic E-state index is 2.54. The minimum Gasteiger partial charge on any atom is -0.0687 e. The third-order valence-corrected chi connectivity index (χ3v) is 14.9. The Morgan fingerprint density at radius 2 is 0.719 bits per heavy atom. The van der Waals surface area contributed by atoms with Crippen LogP contribution in [0, 0.1) is 41.5 Å². The Balaban J connectivity index is 0.955. The molecule has 0 N–H and O–H groups in total. The molecular weight excluding hydrogens is 766 g/mol. The van der Waals surface area contributed by atoms with Gasteiger partial charge in [-0.15, -0.1) is 0 Å². The van der Waals surface area contributed by atoms with Gasteiger partial charge in [0.05, 0.1) is 0 Å². The number of aryl methyl sites for hydroxylation is 6. The molecule has 8 aromatic carbocycles. The van der Waals surface area contributed by atoms with Gasteiger partial charge in [0.15, 0.2) is 0 Å². The molecule has 0 aromatic heterocycles. The average Bonchev–Trinajstić information content (AvgIpc) is 3.64. The van der Waals surface area contributed by atoms with Crippen LogP contribution in [0.4, 0.5) is 0 Å². The Bertz CT molecular complexity index is 3060. The molecule has 0 aliphatic heterocycles. The molecule has 8 aromatic rings. The van der Waals surface area contributed by atoms with Gasteiger partial charge in [0.2, 0.25) is 13.4 Å². The van der Waals surface area contributed by atoms with E-state index in [-0.39, 0.29) is 24.3 Å². The zero-order valence-corrected chi connectivity index (χ0v) is 39.3. The van der Waals surface area contributed by atoms with E-state index in [9.17, 15) is 0 Å². The van der Waals surface area contributed by atoms with E-state index < -0.39 is 0 Å². The van der Waals surface area contributed by atoms with E-state index in [2.05, 4.69) is 239 Å². The third-order valence-electron chi connectivity index (χ3n) is 14.9. The lowest BCUT2D eigenvalue weighted by Gasteiger charge is -2.27. The highest BCUT2D eigenvalue weighted by molar-refractivity contribution is 6.97. The maximum Gasteiger partial charge on any atom is 0.242 e. The molecule has 0 bridgehead atoms. The van der Waals surface area contributed by atoms with Crippen molar-refractivity contribution in [3.05, 3.63) is 224 Å². The van der Waals surface area contributed by atoms with Crippen LogP contribution in [0.15, 0.2) is 158 Å². The Hall–Kier alpha value is -6.37. The first-order chi connectivity index (χ1) is 30.7. The molecule has 10 rings (SSSR count). The van der Waals surface area contributed by atoms with E-state index in [0.29, 0.717) is 0 Å². The van der Waals surface area contributed by atoms with Gasteiger partial charge < -0.3 is 0 Å². The van der Waals surface area contributed by atoms with Crippen LogP contribution < -0.4 is 32.8 Å². The summed E-state index contributed by atoms with van der Waals surface area (Å²) in [5.74, 6) is 0. The van der Waals surface area contributed by atoms with Crippen molar-refractivity contribution in [2.45, 2.75) is 80.1 Å². The van der Waals surface area contributed by atoms with Crippen molar-refractivity contribution in [3.8, 4) is 22.3 Å². The van der Waals surface area contributed by atoms with Crippen molar-refractivity contribution in [2.75, 3.05) is 0 Å². The van der Waals surface area contributed by atoms with Crippen LogP contribution in [0.3, 0.4) is 0 Å². The van der Waals surface area contributed by atoms with Crippen LogP contribution >= 0.6 is 0 Å².